The van der Waals surface area contributed by atoms with Crippen LogP contribution in [0.2, 0.25) is 10.6 Å². The SMILES string of the molecule is O=S(=O)(Nc1nc(Cl)nc(Cl)n1)c1cccc2c3nc4nc(nc5[nH]c(nc6nc(nc([nH]3)c12)-c1ccccc1-6)c1ccccc51)-c1ccccc1-4. The Morgan fingerprint density at radius 1 is 0.462 bits per heavy atom. The van der Waals surface area contributed by atoms with E-state index < -0.39 is 10.0 Å². The summed E-state index contributed by atoms with van der Waals surface area (Å²) >= 11 is 11.9. The Morgan fingerprint density at radius 3 is 1.40 bits per heavy atom. The molecule has 2 aliphatic rings. The first-order valence-electron chi connectivity index (χ1n) is 15.6. The van der Waals surface area contributed by atoms with Gasteiger partial charge in [-0.05, 0) is 29.3 Å². The lowest BCUT2D eigenvalue weighted by Crippen LogP contribution is -2.16. The highest BCUT2D eigenvalue weighted by Crippen LogP contribution is 2.38. The molecule has 4 aromatic heterocycles. The molecule has 0 fully saturated rings. The predicted octanol–water partition coefficient (Wildman–Crippen LogP) is 7.16. The maximum absolute atomic E-state index is 14.1. The zero-order valence-electron chi connectivity index (χ0n) is 26.2. The van der Waals surface area contributed by atoms with E-state index in [1.54, 1.807) is 12.1 Å². The van der Waals surface area contributed by atoms with Gasteiger partial charge in [-0.1, -0.05) is 84.9 Å². The van der Waals surface area contributed by atoms with E-state index in [1.807, 2.05) is 72.8 Å². The Balaban J connectivity index is 1.34. The lowest BCUT2D eigenvalue weighted by Gasteiger charge is -2.08. The quantitative estimate of drug-likeness (QED) is 0.166. The van der Waals surface area contributed by atoms with Crippen LogP contribution in [0.5, 0.6) is 0 Å². The molecule has 0 saturated heterocycles. The number of hydrogen-bond acceptors (Lipinski definition) is 11. The van der Waals surface area contributed by atoms with E-state index in [4.69, 9.17) is 53.1 Å². The molecule has 0 unspecified atom stereocenters. The number of nitrogens with zero attached hydrogens (tertiary/aromatic N) is 9. The van der Waals surface area contributed by atoms with Crippen LogP contribution in [0.3, 0.4) is 0 Å². The molecule has 8 bridgehead atoms. The van der Waals surface area contributed by atoms with Crippen molar-refractivity contribution in [1.82, 2.24) is 54.8 Å². The fourth-order valence-corrected chi connectivity index (χ4v) is 7.97. The minimum absolute atomic E-state index is 0.145. The lowest BCUT2D eigenvalue weighted by atomic mass is 10.1. The lowest BCUT2D eigenvalue weighted by molar-refractivity contribution is 0.601. The smallest absolute Gasteiger partial charge is 0.264 e. The second kappa shape index (κ2) is 11.3. The van der Waals surface area contributed by atoms with Crippen LogP contribution in [0.25, 0.3) is 89.7 Å². The van der Waals surface area contributed by atoms with Gasteiger partial charge in [0, 0.05) is 43.8 Å². The van der Waals surface area contributed by atoms with E-state index >= 15 is 0 Å². The number of nitrogens with one attached hydrogen (secondary N) is 3. The van der Waals surface area contributed by atoms with Crippen molar-refractivity contribution in [2.75, 3.05) is 4.72 Å². The fraction of sp³-hybridized carbons (Fsp3) is 0. The van der Waals surface area contributed by atoms with Crippen molar-refractivity contribution >= 4 is 83.3 Å². The zero-order valence-corrected chi connectivity index (χ0v) is 28.5. The number of aromatic amines is 2. The molecule has 10 rings (SSSR count). The standard InChI is InChI=1S/C35H18Cl2N12O2S/c36-33-46-34(37)48-35(47-33)49-52(50,51)23-15-7-14-22-24(23)32-44-30-21-13-6-5-12-20(21)28(42-30)40-26-17-9-2-1-8-16(17)25(38-26)39-27-18-10-3-4-11-19(18)29(41-27)43-31(22)45-32/h1-15H,(H,46,47,48,49)(H2,38,39,40,41,42,43,44,45). The summed E-state index contributed by atoms with van der Waals surface area (Å²) in [4.78, 5) is 47.6. The molecule has 0 atom stereocenters. The molecule has 8 aromatic rings. The molecular formula is C35H18Cl2N12O2S. The molecule has 0 aliphatic carbocycles. The number of halogens is 2. The highest BCUT2D eigenvalue weighted by Gasteiger charge is 2.26. The van der Waals surface area contributed by atoms with Crippen molar-refractivity contribution in [2.24, 2.45) is 0 Å². The monoisotopic (exact) mass is 740 g/mol. The van der Waals surface area contributed by atoms with Gasteiger partial charge in [0.15, 0.2) is 23.3 Å². The van der Waals surface area contributed by atoms with Gasteiger partial charge in [-0.3, -0.25) is 0 Å². The largest absolute Gasteiger partial charge is 0.324 e. The molecule has 14 nitrogen and oxygen atoms in total. The molecule has 250 valence electrons. The van der Waals surface area contributed by atoms with Crippen LogP contribution in [0.4, 0.5) is 5.95 Å². The summed E-state index contributed by atoms with van der Waals surface area (Å²) in [6, 6.07) is 27.8. The van der Waals surface area contributed by atoms with Crippen LogP contribution in [0, 0.1) is 0 Å². The van der Waals surface area contributed by atoms with E-state index in [2.05, 4.69) is 29.6 Å². The molecule has 3 N–H and O–H groups in total. The molecule has 0 spiro atoms. The van der Waals surface area contributed by atoms with Gasteiger partial charge < -0.3 is 9.97 Å². The van der Waals surface area contributed by atoms with Crippen LogP contribution in [0.15, 0.2) is 95.9 Å². The topological polar surface area (TPSA) is 194 Å². The first-order valence-corrected chi connectivity index (χ1v) is 17.9. The van der Waals surface area contributed by atoms with Gasteiger partial charge in [0.25, 0.3) is 10.0 Å². The molecule has 2 aliphatic heterocycles. The highest BCUT2D eigenvalue weighted by molar-refractivity contribution is 7.93. The average Bonchev–Trinajstić information content (AvgIpc) is 3.87. The average molecular weight is 742 g/mol. The first-order chi connectivity index (χ1) is 25.3. The number of H-pyrrole nitrogens is 2. The summed E-state index contributed by atoms with van der Waals surface area (Å²) in [6.07, 6.45) is 0. The third-order valence-electron chi connectivity index (χ3n) is 8.64. The number of hydrogen-bond donors (Lipinski definition) is 3. The maximum Gasteiger partial charge on any atom is 0.264 e. The van der Waals surface area contributed by atoms with Crippen LogP contribution in [-0.2, 0) is 10.0 Å². The Morgan fingerprint density at radius 2 is 0.885 bits per heavy atom. The van der Waals surface area contributed by atoms with Crippen LogP contribution in [0.1, 0.15) is 0 Å². The third-order valence-corrected chi connectivity index (χ3v) is 10.3. The van der Waals surface area contributed by atoms with Gasteiger partial charge in [-0.2, -0.15) is 15.0 Å². The van der Waals surface area contributed by atoms with Crippen molar-refractivity contribution < 1.29 is 8.42 Å². The zero-order chi connectivity index (χ0) is 35.1. The molecule has 17 heteroatoms. The normalized spacial score (nSPS) is 12.2. The first kappa shape index (κ1) is 30.4. The Kier molecular flexibility index (Phi) is 6.60. The molecule has 0 radical (unpaired) electrons. The van der Waals surface area contributed by atoms with E-state index in [0.717, 1.165) is 27.5 Å². The number of fused-ring (bicyclic) bond motifs is 20. The summed E-state index contributed by atoms with van der Waals surface area (Å²) < 4.78 is 30.5. The Hall–Kier alpha value is -6.42. The van der Waals surface area contributed by atoms with Crippen molar-refractivity contribution in [3.05, 3.63) is 102 Å². The number of anilines is 1. The summed E-state index contributed by atoms with van der Waals surface area (Å²) in [5.74, 6) is 1.19. The highest BCUT2D eigenvalue weighted by atomic mass is 35.5. The van der Waals surface area contributed by atoms with Crippen molar-refractivity contribution in [3.63, 3.8) is 0 Å². The van der Waals surface area contributed by atoms with E-state index in [-0.39, 0.29) is 32.4 Å². The Labute approximate surface area is 302 Å². The second-order valence-corrected chi connectivity index (χ2v) is 14.1. The fourth-order valence-electron chi connectivity index (χ4n) is 6.43. The van der Waals surface area contributed by atoms with Gasteiger partial charge in [-0.15, -0.1) is 0 Å². The minimum Gasteiger partial charge on any atom is -0.324 e. The van der Waals surface area contributed by atoms with Crippen LogP contribution in [-0.4, -0.2) is 63.2 Å². The number of rotatable bonds is 3. The maximum atomic E-state index is 14.1. The molecule has 52 heavy (non-hydrogen) atoms. The minimum atomic E-state index is -4.38. The molecule has 0 saturated carbocycles. The van der Waals surface area contributed by atoms with E-state index in [1.165, 1.54) is 6.07 Å². The summed E-state index contributed by atoms with van der Waals surface area (Å²) in [5, 5.41) is 1.83. The summed E-state index contributed by atoms with van der Waals surface area (Å²) in [6.45, 7) is 0. The van der Waals surface area contributed by atoms with Gasteiger partial charge >= 0.3 is 0 Å². The molecule has 6 heterocycles. The van der Waals surface area contributed by atoms with Crippen molar-refractivity contribution in [1.29, 1.82) is 0 Å². The molecular weight excluding hydrogens is 723 g/mol. The second-order valence-electron chi connectivity index (χ2n) is 11.7. The van der Waals surface area contributed by atoms with Gasteiger partial charge in [-0.25, -0.2) is 43.0 Å². The Bertz CT molecular complexity index is 3100. The van der Waals surface area contributed by atoms with Gasteiger partial charge in [0.05, 0.1) is 4.90 Å². The number of sulfonamides is 1. The van der Waals surface area contributed by atoms with Gasteiger partial charge in [0.2, 0.25) is 16.5 Å². The number of aromatic nitrogens is 11. The van der Waals surface area contributed by atoms with E-state index in [9.17, 15) is 8.42 Å². The van der Waals surface area contributed by atoms with Crippen molar-refractivity contribution in [2.45, 2.75) is 4.90 Å². The van der Waals surface area contributed by atoms with E-state index in [0.29, 0.717) is 51.2 Å². The summed E-state index contributed by atoms with van der Waals surface area (Å²) in [5.41, 5.74) is 4.59. The third kappa shape index (κ3) is 4.85. The molecule has 0 amide bonds. The van der Waals surface area contributed by atoms with Gasteiger partial charge in [0.1, 0.15) is 22.6 Å². The summed E-state index contributed by atoms with van der Waals surface area (Å²) in [7, 11) is -4.38. The van der Waals surface area contributed by atoms with Crippen molar-refractivity contribution in [3.8, 4) is 45.6 Å². The molecule has 4 aromatic carbocycles. The van der Waals surface area contributed by atoms with Crippen LogP contribution < -0.4 is 4.72 Å². The predicted molar refractivity (Wildman–Crippen MR) is 197 cm³/mol. The van der Waals surface area contributed by atoms with Crippen LogP contribution >= 0.6 is 23.2 Å². The number of benzene rings is 4.